The Bertz CT molecular complexity index is 1080. The fraction of sp³-hybridized carbons (Fsp3) is 0.222. The Balaban J connectivity index is 1.71. The molecular weight excluding hydrogens is 418 g/mol. The monoisotopic (exact) mass is 437 g/mol. The Hall–Kier alpha value is -2.14. The first-order valence-corrected chi connectivity index (χ1v) is 11.4. The lowest BCUT2D eigenvalue weighted by molar-refractivity contribution is -0.113. The summed E-state index contributed by atoms with van der Waals surface area (Å²) in [6.45, 7) is 0. The number of carbonyl (C=O) groups excluding carboxylic acids is 1. The zero-order valence-corrected chi connectivity index (χ0v) is 18.0. The largest absolute Gasteiger partial charge is 0.495 e. The lowest BCUT2D eigenvalue weighted by Crippen LogP contribution is -2.23. The van der Waals surface area contributed by atoms with Gasteiger partial charge in [-0.3, -0.25) is 4.79 Å². The molecule has 0 saturated heterocycles. The van der Waals surface area contributed by atoms with Gasteiger partial charge in [0.2, 0.25) is 15.9 Å². The van der Waals surface area contributed by atoms with E-state index in [1.165, 1.54) is 56.4 Å². The number of hydrogen-bond donors (Lipinski definition) is 1. The number of fused-ring (bicyclic) bond motifs is 1. The third-order valence-electron chi connectivity index (χ3n) is 3.81. The second-order valence-electron chi connectivity index (χ2n) is 5.94. The number of hydrogen-bond acceptors (Lipinski definition) is 7. The third kappa shape index (κ3) is 4.46. The van der Waals surface area contributed by atoms with Crippen LogP contribution in [0, 0.1) is 0 Å². The van der Waals surface area contributed by atoms with Crippen molar-refractivity contribution in [1.82, 2.24) is 9.29 Å². The molecule has 0 atom stereocenters. The fourth-order valence-electron chi connectivity index (χ4n) is 2.39. The summed E-state index contributed by atoms with van der Waals surface area (Å²) in [4.78, 5) is 16.8. The van der Waals surface area contributed by atoms with Crippen LogP contribution in [0.15, 0.2) is 51.7 Å². The van der Waals surface area contributed by atoms with Crippen LogP contribution in [0.3, 0.4) is 0 Å². The molecule has 3 rings (SSSR count). The maximum atomic E-state index is 12.5. The maximum Gasteiger partial charge on any atom is 0.246 e. The number of rotatable bonds is 7. The minimum absolute atomic E-state index is 0.00312. The highest BCUT2D eigenvalue weighted by molar-refractivity contribution is 8.01. The maximum absolute atomic E-state index is 12.5. The topological polar surface area (TPSA) is 88.6 Å². The van der Waals surface area contributed by atoms with Crippen LogP contribution in [-0.4, -0.2) is 50.6 Å². The number of nitrogens with zero attached hydrogens (tertiary/aromatic N) is 2. The van der Waals surface area contributed by atoms with Gasteiger partial charge in [-0.25, -0.2) is 17.7 Å². The molecule has 7 nitrogen and oxygen atoms in total. The summed E-state index contributed by atoms with van der Waals surface area (Å²) in [7, 11) is 0.573. The Morgan fingerprint density at radius 3 is 2.68 bits per heavy atom. The Morgan fingerprint density at radius 1 is 1.25 bits per heavy atom. The molecule has 148 valence electrons. The predicted molar refractivity (Wildman–Crippen MR) is 113 cm³/mol. The van der Waals surface area contributed by atoms with Crippen LogP contribution in [0.5, 0.6) is 5.75 Å². The lowest BCUT2D eigenvalue weighted by atomic mass is 10.3. The van der Waals surface area contributed by atoms with E-state index in [1.807, 2.05) is 24.3 Å². The van der Waals surface area contributed by atoms with Crippen LogP contribution in [0.1, 0.15) is 0 Å². The van der Waals surface area contributed by atoms with Gasteiger partial charge in [0.1, 0.15) is 10.6 Å². The molecule has 10 heteroatoms. The van der Waals surface area contributed by atoms with Crippen LogP contribution in [0.4, 0.5) is 5.69 Å². The van der Waals surface area contributed by atoms with Crippen molar-refractivity contribution in [1.29, 1.82) is 0 Å². The van der Waals surface area contributed by atoms with E-state index in [9.17, 15) is 13.2 Å². The SMILES string of the molecule is COc1ccc(NC(=O)CSc2nc3ccccc3s2)cc1S(=O)(=O)N(C)C. The van der Waals surface area contributed by atoms with Crippen LogP contribution < -0.4 is 10.1 Å². The number of aromatic nitrogens is 1. The van der Waals surface area contributed by atoms with E-state index < -0.39 is 10.0 Å². The summed E-state index contributed by atoms with van der Waals surface area (Å²) in [6.07, 6.45) is 0. The molecule has 0 bridgehead atoms. The molecule has 1 heterocycles. The van der Waals surface area contributed by atoms with Crippen molar-refractivity contribution in [3.05, 3.63) is 42.5 Å². The second-order valence-corrected chi connectivity index (χ2v) is 10.3. The molecule has 0 fully saturated rings. The van der Waals surface area contributed by atoms with Crippen molar-refractivity contribution < 1.29 is 17.9 Å². The zero-order chi connectivity index (χ0) is 20.3. The molecule has 0 aliphatic carbocycles. The van der Waals surface area contributed by atoms with E-state index in [4.69, 9.17) is 4.74 Å². The molecule has 1 aromatic heterocycles. The third-order valence-corrected chi connectivity index (χ3v) is 7.82. The minimum Gasteiger partial charge on any atom is -0.495 e. The Morgan fingerprint density at radius 2 is 2.00 bits per heavy atom. The quantitative estimate of drug-likeness (QED) is 0.571. The average molecular weight is 438 g/mol. The number of carbonyl (C=O) groups is 1. The van der Waals surface area contributed by atoms with E-state index in [-0.39, 0.29) is 22.3 Å². The number of anilines is 1. The van der Waals surface area contributed by atoms with E-state index in [0.29, 0.717) is 5.69 Å². The molecule has 0 spiro atoms. The first-order valence-electron chi connectivity index (χ1n) is 8.20. The van der Waals surface area contributed by atoms with Crippen LogP contribution in [0.25, 0.3) is 10.2 Å². The summed E-state index contributed by atoms with van der Waals surface area (Å²) in [6, 6.07) is 12.3. The highest BCUT2D eigenvalue weighted by Gasteiger charge is 2.23. The molecular formula is C18H19N3O4S3. The van der Waals surface area contributed by atoms with E-state index in [2.05, 4.69) is 10.3 Å². The first kappa shape index (κ1) is 20.6. The van der Waals surface area contributed by atoms with Crippen molar-refractivity contribution in [3.8, 4) is 5.75 Å². The number of sulfonamides is 1. The minimum atomic E-state index is -3.70. The van der Waals surface area contributed by atoms with Gasteiger partial charge in [-0.1, -0.05) is 23.9 Å². The summed E-state index contributed by atoms with van der Waals surface area (Å²) in [5, 5.41) is 2.73. The molecule has 3 aromatic rings. The van der Waals surface area contributed by atoms with E-state index in [1.54, 1.807) is 6.07 Å². The number of para-hydroxylation sites is 1. The van der Waals surface area contributed by atoms with Gasteiger partial charge in [0.25, 0.3) is 0 Å². The summed E-state index contributed by atoms with van der Waals surface area (Å²) >= 11 is 2.87. The second kappa shape index (κ2) is 8.48. The van der Waals surface area contributed by atoms with Gasteiger partial charge in [0.15, 0.2) is 4.34 Å². The molecule has 1 amide bonds. The summed E-state index contributed by atoms with van der Waals surface area (Å²) in [5.41, 5.74) is 1.29. The van der Waals surface area contributed by atoms with Gasteiger partial charge in [-0.15, -0.1) is 11.3 Å². The van der Waals surface area contributed by atoms with Crippen molar-refractivity contribution in [2.45, 2.75) is 9.24 Å². The number of benzene rings is 2. The Kier molecular flexibility index (Phi) is 6.23. The molecule has 1 N–H and O–H groups in total. The van der Waals surface area contributed by atoms with Crippen molar-refractivity contribution in [2.24, 2.45) is 0 Å². The molecule has 28 heavy (non-hydrogen) atoms. The summed E-state index contributed by atoms with van der Waals surface area (Å²) in [5.74, 6) is 0.139. The van der Waals surface area contributed by atoms with E-state index in [0.717, 1.165) is 18.9 Å². The molecule has 0 aliphatic rings. The standard InChI is InChI=1S/C18H19N3O4S3/c1-21(2)28(23,24)16-10-12(8-9-14(16)25-3)19-17(22)11-26-18-20-13-6-4-5-7-15(13)27-18/h4-10H,11H2,1-3H3,(H,19,22). The van der Waals surface area contributed by atoms with E-state index >= 15 is 0 Å². The van der Waals surface area contributed by atoms with Crippen LogP contribution in [-0.2, 0) is 14.8 Å². The van der Waals surface area contributed by atoms with Gasteiger partial charge in [-0.2, -0.15) is 0 Å². The Labute approximate surface area is 171 Å². The van der Waals surface area contributed by atoms with Gasteiger partial charge in [-0.05, 0) is 30.3 Å². The number of nitrogens with one attached hydrogen (secondary N) is 1. The highest BCUT2D eigenvalue weighted by Crippen LogP contribution is 2.31. The predicted octanol–water partition coefficient (Wildman–Crippen LogP) is 3.29. The summed E-state index contributed by atoms with van der Waals surface area (Å²) < 4.78 is 33.1. The number of thiazole rings is 1. The lowest BCUT2D eigenvalue weighted by Gasteiger charge is -2.15. The van der Waals surface area contributed by atoms with Crippen molar-refractivity contribution in [3.63, 3.8) is 0 Å². The van der Waals surface area contributed by atoms with Gasteiger partial charge >= 0.3 is 0 Å². The van der Waals surface area contributed by atoms with Crippen LogP contribution >= 0.6 is 23.1 Å². The molecule has 0 unspecified atom stereocenters. The molecule has 2 aromatic carbocycles. The molecule has 0 aliphatic heterocycles. The smallest absolute Gasteiger partial charge is 0.246 e. The van der Waals surface area contributed by atoms with Crippen LogP contribution in [0.2, 0.25) is 0 Å². The normalized spacial score (nSPS) is 11.7. The van der Waals surface area contributed by atoms with Crippen molar-refractivity contribution in [2.75, 3.05) is 32.3 Å². The molecule has 0 saturated carbocycles. The van der Waals surface area contributed by atoms with Gasteiger partial charge in [0.05, 0.1) is 23.1 Å². The first-order chi connectivity index (χ1) is 13.3. The number of methoxy groups -OCH3 is 1. The fourth-order valence-corrected chi connectivity index (χ4v) is 5.33. The number of amides is 1. The molecule has 0 radical (unpaired) electrons. The van der Waals surface area contributed by atoms with Gasteiger partial charge < -0.3 is 10.1 Å². The zero-order valence-electron chi connectivity index (χ0n) is 15.5. The number of thioether (sulfide) groups is 1. The van der Waals surface area contributed by atoms with Crippen molar-refractivity contribution >= 4 is 54.9 Å². The highest BCUT2D eigenvalue weighted by atomic mass is 32.2. The average Bonchev–Trinajstić information content (AvgIpc) is 3.09. The van der Waals surface area contributed by atoms with Gasteiger partial charge in [0, 0.05) is 19.8 Å². The number of ether oxygens (including phenoxy) is 1.